The average Bonchev–Trinajstić information content (AvgIpc) is 2.12. The first-order valence-corrected chi connectivity index (χ1v) is 7.80. The fourth-order valence-electron chi connectivity index (χ4n) is 1.77. The van der Waals surface area contributed by atoms with E-state index in [0.29, 0.717) is 11.7 Å². The Balaban J connectivity index is 2.64. The first-order valence-electron chi connectivity index (χ1n) is 4.59. The normalized spacial score (nSPS) is 18.6. The topological polar surface area (TPSA) is 29.1 Å². The van der Waals surface area contributed by atoms with E-state index >= 15 is 0 Å². The van der Waals surface area contributed by atoms with Crippen molar-refractivity contribution in [3.05, 3.63) is 29.6 Å². The van der Waals surface area contributed by atoms with E-state index in [1.54, 1.807) is 6.07 Å². The SMILES string of the molecule is C[Si]1(C)CNC(=O)c2ccc(F)cc21. The smallest absolute Gasteiger partial charge is 0.250 e. The van der Waals surface area contributed by atoms with E-state index < -0.39 is 8.07 Å². The van der Waals surface area contributed by atoms with Crippen LogP contribution in [0.4, 0.5) is 4.39 Å². The molecule has 2 nitrogen and oxygen atoms in total. The lowest BCUT2D eigenvalue weighted by Crippen LogP contribution is -2.59. The second-order valence-corrected chi connectivity index (χ2v) is 8.92. The Morgan fingerprint density at radius 2 is 2.14 bits per heavy atom. The molecule has 0 aliphatic carbocycles. The lowest BCUT2D eigenvalue weighted by atomic mass is 10.2. The number of hydrogen-bond donors (Lipinski definition) is 1. The molecule has 14 heavy (non-hydrogen) atoms. The van der Waals surface area contributed by atoms with Gasteiger partial charge in [0.1, 0.15) is 13.9 Å². The number of carbonyl (C=O) groups excluding carboxylic acids is 1. The molecule has 1 aromatic rings. The van der Waals surface area contributed by atoms with Crippen LogP contribution < -0.4 is 10.5 Å². The van der Waals surface area contributed by atoms with Crippen molar-refractivity contribution in [1.29, 1.82) is 0 Å². The zero-order valence-corrected chi connectivity index (χ0v) is 9.23. The molecular weight excluding hydrogens is 197 g/mol. The first kappa shape index (κ1) is 9.39. The van der Waals surface area contributed by atoms with E-state index in [9.17, 15) is 9.18 Å². The summed E-state index contributed by atoms with van der Waals surface area (Å²) in [6.45, 7) is 4.26. The van der Waals surface area contributed by atoms with Crippen LogP contribution in [-0.4, -0.2) is 20.1 Å². The van der Waals surface area contributed by atoms with Gasteiger partial charge in [0.25, 0.3) is 5.91 Å². The highest BCUT2D eigenvalue weighted by atomic mass is 28.3. The highest BCUT2D eigenvalue weighted by Gasteiger charge is 2.33. The Labute approximate surface area is 83.1 Å². The third kappa shape index (κ3) is 1.35. The Bertz CT molecular complexity index is 403. The summed E-state index contributed by atoms with van der Waals surface area (Å²) >= 11 is 0. The highest BCUT2D eigenvalue weighted by Crippen LogP contribution is 2.12. The third-order valence-electron chi connectivity index (χ3n) is 2.65. The summed E-state index contributed by atoms with van der Waals surface area (Å²) in [7, 11) is -1.66. The fraction of sp³-hybridized carbons (Fsp3) is 0.300. The first-order chi connectivity index (χ1) is 6.50. The lowest BCUT2D eigenvalue weighted by molar-refractivity contribution is 0.0958. The zero-order valence-electron chi connectivity index (χ0n) is 8.23. The van der Waals surface area contributed by atoms with Gasteiger partial charge in [0.2, 0.25) is 0 Å². The van der Waals surface area contributed by atoms with E-state index in [0.717, 1.165) is 5.19 Å². The highest BCUT2D eigenvalue weighted by molar-refractivity contribution is 6.91. The predicted molar refractivity (Wildman–Crippen MR) is 55.8 cm³/mol. The van der Waals surface area contributed by atoms with Gasteiger partial charge in [-0.2, -0.15) is 0 Å². The van der Waals surface area contributed by atoms with Crippen molar-refractivity contribution in [3.8, 4) is 0 Å². The molecule has 0 fully saturated rings. The molecule has 1 aromatic carbocycles. The molecule has 0 saturated heterocycles. The number of rotatable bonds is 0. The molecule has 1 aliphatic heterocycles. The third-order valence-corrected chi connectivity index (χ3v) is 5.58. The monoisotopic (exact) mass is 209 g/mol. The van der Waals surface area contributed by atoms with Crippen LogP contribution in [-0.2, 0) is 0 Å². The molecule has 0 unspecified atom stereocenters. The van der Waals surface area contributed by atoms with Gasteiger partial charge in [-0.25, -0.2) is 4.39 Å². The predicted octanol–water partition coefficient (Wildman–Crippen LogP) is 1.02. The summed E-state index contributed by atoms with van der Waals surface area (Å²) in [5.74, 6) is -0.328. The van der Waals surface area contributed by atoms with Crippen molar-refractivity contribution < 1.29 is 9.18 Å². The molecule has 1 amide bonds. The Morgan fingerprint density at radius 1 is 1.43 bits per heavy atom. The number of benzene rings is 1. The standard InChI is InChI=1S/C10H12FNOSi/c1-14(2)6-12-10(13)8-4-3-7(11)5-9(8)14/h3-5H,6H2,1-2H3,(H,12,13). The van der Waals surface area contributed by atoms with E-state index in [-0.39, 0.29) is 11.7 Å². The van der Waals surface area contributed by atoms with Crippen molar-refractivity contribution in [2.45, 2.75) is 13.1 Å². The minimum Gasteiger partial charge on any atom is -0.355 e. The largest absolute Gasteiger partial charge is 0.355 e. The summed E-state index contributed by atoms with van der Waals surface area (Å²) < 4.78 is 13.1. The summed E-state index contributed by atoms with van der Waals surface area (Å²) in [4.78, 5) is 11.5. The molecule has 0 spiro atoms. The van der Waals surface area contributed by atoms with Gasteiger partial charge in [-0.1, -0.05) is 13.1 Å². The van der Waals surface area contributed by atoms with Gasteiger partial charge in [-0.05, 0) is 23.4 Å². The van der Waals surface area contributed by atoms with Gasteiger partial charge < -0.3 is 5.32 Å². The molecule has 0 saturated carbocycles. The van der Waals surface area contributed by atoms with E-state index in [2.05, 4.69) is 18.4 Å². The van der Waals surface area contributed by atoms with Gasteiger partial charge in [-0.3, -0.25) is 4.79 Å². The van der Waals surface area contributed by atoms with Crippen LogP contribution in [0.1, 0.15) is 10.4 Å². The molecule has 0 bridgehead atoms. The molecule has 1 aliphatic rings. The van der Waals surface area contributed by atoms with Crippen LogP contribution in [0.2, 0.25) is 13.1 Å². The number of halogens is 1. The van der Waals surface area contributed by atoms with Crippen molar-refractivity contribution in [2.75, 3.05) is 6.17 Å². The minimum absolute atomic E-state index is 0.0770. The van der Waals surface area contributed by atoms with E-state index in [1.807, 2.05) is 0 Å². The molecule has 4 heteroatoms. The maximum Gasteiger partial charge on any atom is 0.250 e. The second-order valence-electron chi connectivity index (χ2n) is 4.26. The number of fused-ring (bicyclic) bond motifs is 1. The number of hydrogen-bond acceptors (Lipinski definition) is 1. The molecule has 2 rings (SSSR count). The van der Waals surface area contributed by atoms with Crippen molar-refractivity contribution >= 4 is 19.2 Å². The van der Waals surface area contributed by atoms with Crippen LogP contribution in [0.5, 0.6) is 0 Å². The van der Waals surface area contributed by atoms with Gasteiger partial charge in [0.05, 0.1) is 0 Å². The molecule has 0 atom stereocenters. The summed E-state index contributed by atoms with van der Waals surface area (Å²) in [6, 6.07) is 4.43. The fourth-order valence-corrected chi connectivity index (χ4v) is 4.01. The molecule has 0 radical (unpaired) electrons. The van der Waals surface area contributed by atoms with Gasteiger partial charge in [-0.15, -0.1) is 0 Å². The van der Waals surface area contributed by atoms with Crippen LogP contribution in [0.3, 0.4) is 0 Å². The Kier molecular flexibility index (Phi) is 1.96. The molecule has 74 valence electrons. The molecule has 1 heterocycles. The van der Waals surface area contributed by atoms with Crippen LogP contribution in [0, 0.1) is 5.82 Å². The second kappa shape index (κ2) is 2.92. The zero-order chi connectivity index (χ0) is 10.3. The lowest BCUT2D eigenvalue weighted by Gasteiger charge is -2.30. The average molecular weight is 209 g/mol. The summed E-state index contributed by atoms with van der Waals surface area (Å²) in [5.41, 5.74) is 0.648. The van der Waals surface area contributed by atoms with E-state index in [1.165, 1.54) is 12.1 Å². The van der Waals surface area contributed by atoms with Crippen molar-refractivity contribution in [3.63, 3.8) is 0 Å². The summed E-state index contributed by atoms with van der Waals surface area (Å²) in [6.07, 6.45) is 0.697. The maximum atomic E-state index is 13.1. The molecule has 1 N–H and O–H groups in total. The molecule has 0 aromatic heterocycles. The maximum absolute atomic E-state index is 13.1. The van der Waals surface area contributed by atoms with Gasteiger partial charge in [0, 0.05) is 11.7 Å². The number of amides is 1. The van der Waals surface area contributed by atoms with E-state index in [4.69, 9.17) is 0 Å². The number of nitrogens with one attached hydrogen (secondary N) is 1. The van der Waals surface area contributed by atoms with Crippen LogP contribution in [0.25, 0.3) is 0 Å². The Morgan fingerprint density at radius 3 is 2.86 bits per heavy atom. The van der Waals surface area contributed by atoms with Crippen LogP contribution >= 0.6 is 0 Å². The van der Waals surface area contributed by atoms with Crippen molar-refractivity contribution in [1.82, 2.24) is 5.32 Å². The molecular formula is C10H12FNOSi. The number of carbonyl (C=O) groups is 1. The Hall–Kier alpha value is -1.16. The van der Waals surface area contributed by atoms with Crippen LogP contribution in [0.15, 0.2) is 18.2 Å². The van der Waals surface area contributed by atoms with Gasteiger partial charge >= 0.3 is 0 Å². The quantitative estimate of drug-likeness (QED) is 0.635. The van der Waals surface area contributed by atoms with Gasteiger partial charge in [0.15, 0.2) is 0 Å². The van der Waals surface area contributed by atoms with Crippen molar-refractivity contribution in [2.24, 2.45) is 0 Å². The minimum atomic E-state index is -1.66. The summed E-state index contributed by atoms with van der Waals surface area (Å²) in [5, 5.41) is 3.78.